The molecule has 2 amide bonds. The third-order valence-electron chi connectivity index (χ3n) is 2.99. The second-order valence-electron chi connectivity index (χ2n) is 5.08. The lowest BCUT2D eigenvalue weighted by molar-refractivity contribution is -0.113. The summed E-state index contributed by atoms with van der Waals surface area (Å²) in [6.07, 6.45) is 1.60. The molecule has 2 aromatic rings. The molecule has 2 heterocycles. The van der Waals surface area contributed by atoms with Crippen molar-refractivity contribution < 1.29 is 9.59 Å². The first-order valence-electron chi connectivity index (χ1n) is 7.21. The SMILES string of the molecule is C=CCn1c(C(N)=O)c(NC(=O)CSc2nc(C)cc(C)n2)sc1=S. The van der Waals surface area contributed by atoms with Crippen molar-refractivity contribution in [2.24, 2.45) is 5.73 Å². The second-order valence-corrected chi connectivity index (χ2v) is 7.67. The number of aromatic nitrogens is 3. The second kappa shape index (κ2) is 8.37. The number of nitrogens with two attached hydrogens (primary N) is 1. The Hall–Kier alpha value is -2.04. The van der Waals surface area contributed by atoms with Crippen molar-refractivity contribution in [3.63, 3.8) is 0 Å². The van der Waals surface area contributed by atoms with Gasteiger partial charge in [0.2, 0.25) is 5.91 Å². The van der Waals surface area contributed by atoms with Gasteiger partial charge in [-0.25, -0.2) is 9.97 Å². The van der Waals surface area contributed by atoms with E-state index >= 15 is 0 Å². The van der Waals surface area contributed by atoms with Gasteiger partial charge in [0.15, 0.2) is 9.11 Å². The van der Waals surface area contributed by atoms with Crippen LogP contribution in [0.3, 0.4) is 0 Å². The Morgan fingerprint density at radius 1 is 1.44 bits per heavy atom. The first-order valence-corrected chi connectivity index (χ1v) is 9.42. The number of amides is 2. The molecule has 2 aromatic heterocycles. The van der Waals surface area contributed by atoms with Crippen molar-refractivity contribution in [1.82, 2.24) is 14.5 Å². The van der Waals surface area contributed by atoms with Crippen molar-refractivity contribution in [3.05, 3.63) is 39.8 Å². The molecule has 0 aliphatic heterocycles. The summed E-state index contributed by atoms with van der Waals surface area (Å²) in [4.78, 5) is 32.5. The van der Waals surface area contributed by atoms with Gasteiger partial charge in [-0.2, -0.15) is 0 Å². The van der Waals surface area contributed by atoms with Crippen LogP contribution in [0, 0.1) is 17.8 Å². The standard InChI is InChI=1S/C15H17N5O2S3/c1-4-5-20-11(12(16)22)13(25-15(20)23)19-10(21)7-24-14-17-8(2)6-9(3)18-14/h4,6H,1,5,7H2,2-3H3,(H2,16,22)(H,19,21). The summed E-state index contributed by atoms with van der Waals surface area (Å²) in [6.45, 7) is 7.70. The van der Waals surface area contributed by atoms with Gasteiger partial charge in [0.1, 0.15) is 10.7 Å². The van der Waals surface area contributed by atoms with Crippen LogP contribution >= 0.6 is 35.3 Å². The average Bonchev–Trinajstić information content (AvgIpc) is 2.80. The zero-order valence-corrected chi connectivity index (χ0v) is 16.2. The number of anilines is 1. The van der Waals surface area contributed by atoms with Gasteiger partial charge in [-0.1, -0.05) is 29.2 Å². The van der Waals surface area contributed by atoms with Crippen LogP contribution in [-0.2, 0) is 11.3 Å². The first-order chi connectivity index (χ1) is 11.8. The molecule has 0 spiro atoms. The van der Waals surface area contributed by atoms with E-state index in [0.717, 1.165) is 22.7 Å². The highest BCUT2D eigenvalue weighted by Crippen LogP contribution is 2.26. The fourth-order valence-corrected chi connectivity index (χ4v) is 4.17. The smallest absolute Gasteiger partial charge is 0.268 e. The van der Waals surface area contributed by atoms with E-state index in [1.807, 2.05) is 19.9 Å². The minimum Gasteiger partial charge on any atom is -0.364 e. The molecule has 3 N–H and O–H groups in total. The third kappa shape index (κ3) is 4.97. The first kappa shape index (κ1) is 19.3. The predicted molar refractivity (Wildman–Crippen MR) is 103 cm³/mol. The molecule has 10 heteroatoms. The van der Waals surface area contributed by atoms with Gasteiger partial charge in [-0.15, -0.1) is 6.58 Å². The van der Waals surface area contributed by atoms with Crippen LogP contribution < -0.4 is 11.1 Å². The van der Waals surface area contributed by atoms with Gasteiger partial charge in [0.05, 0.1) is 5.75 Å². The summed E-state index contributed by atoms with van der Waals surface area (Å²) in [6, 6.07) is 1.86. The highest BCUT2D eigenvalue weighted by atomic mass is 32.2. The molecule has 0 fully saturated rings. The normalized spacial score (nSPS) is 10.5. The molecule has 0 aliphatic carbocycles. The Kier molecular flexibility index (Phi) is 6.45. The van der Waals surface area contributed by atoms with Crippen LogP contribution in [0.4, 0.5) is 5.00 Å². The van der Waals surface area contributed by atoms with Gasteiger partial charge in [0, 0.05) is 17.9 Å². The number of nitrogens with one attached hydrogen (secondary N) is 1. The molecule has 0 radical (unpaired) electrons. The van der Waals surface area contributed by atoms with E-state index < -0.39 is 5.91 Å². The fraction of sp³-hybridized carbons (Fsp3) is 0.267. The molecule has 0 aliphatic rings. The zero-order chi connectivity index (χ0) is 18.6. The number of carbonyl (C=O) groups excluding carboxylic acids is 2. The number of thiazole rings is 1. The topological polar surface area (TPSA) is 103 Å². The van der Waals surface area contributed by atoms with Crippen LogP contribution in [0.25, 0.3) is 0 Å². The Morgan fingerprint density at radius 3 is 2.64 bits per heavy atom. The molecule has 0 aromatic carbocycles. The number of carbonyl (C=O) groups is 2. The maximum Gasteiger partial charge on any atom is 0.268 e. The lowest BCUT2D eigenvalue weighted by Gasteiger charge is -2.07. The number of thioether (sulfide) groups is 1. The predicted octanol–water partition coefficient (Wildman–Crippen LogP) is 2.70. The Morgan fingerprint density at radius 2 is 2.08 bits per heavy atom. The zero-order valence-electron chi connectivity index (χ0n) is 13.7. The molecule has 2 rings (SSSR count). The molecule has 25 heavy (non-hydrogen) atoms. The summed E-state index contributed by atoms with van der Waals surface area (Å²) in [5.74, 6) is -0.847. The van der Waals surface area contributed by atoms with Crippen LogP contribution in [0.1, 0.15) is 21.9 Å². The maximum absolute atomic E-state index is 12.2. The number of rotatable bonds is 7. The summed E-state index contributed by atoms with van der Waals surface area (Å²) < 4.78 is 1.99. The lowest BCUT2D eigenvalue weighted by atomic mass is 10.4. The van der Waals surface area contributed by atoms with E-state index in [4.69, 9.17) is 18.0 Å². The third-order valence-corrected chi connectivity index (χ3v) is 5.20. The van der Waals surface area contributed by atoms with Crippen LogP contribution in [-0.4, -0.2) is 32.1 Å². The quantitative estimate of drug-likeness (QED) is 0.323. The summed E-state index contributed by atoms with van der Waals surface area (Å²) >= 11 is 7.55. The highest BCUT2D eigenvalue weighted by molar-refractivity contribution is 7.99. The number of hydrogen-bond donors (Lipinski definition) is 2. The van der Waals surface area contributed by atoms with Crippen molar-refractivity contribution in [2.45, 2.75) is 25.5 Å². The van der Waals surface area contributed by atoms with Crippen LogP contribution in [0.5, 0.6) is 0 Å². The summed E-state index contributed by atoms with van der Waals surface area (Å²) in [5.41, 5.74) is 7.28. The molecular weight excluding hydrogens is 378 g/mol. The largest absolute Gasteiger partial charge is 0.364 e. The van der Waals surface area contributed by atoms with Gasteiger partial charge < -0.3 is 15.6 Å². The van der Waals surface area contributed by atoms with E-state index in [1.165, 1.54) is 11.8 Å². The van der Waals surface area contributed by atoms with Gasteiger partial charge in [-0.05, 0) is 32.1 Å². The van der Waals surface area contributed by atoms with E-state index in [2.05, 4.69) is 21.9 Å². The van der Waals surface area contributed by atoms with Crippen molar-refractivity contribution in [2.75, 3.05) is 11.1 Å². The Bertz CT molecular complexity index is 868. The van der Waals surface area contributed by atoms with Crippen molar-refractivity contribution in [1.29, 1.82) is 0 Å². The summed E-state index contributed by atoms with van der Waals surface area (Å²) in [7, 11) is 0. The molecule has 132 valence electrons. The molecule has 7 nitrogen and oxygen atoms in total. The Balaban J connectivity index is 2.12. The molecule has 0 unspecified atom stereocenters. The van der Waals surface area contributed by atoms with Gasteiger partial charge >= 0.3 is 0 Å². The lowest BCUT2D eigenvalue weighted by Crippen LogP contribution is -2.21. The summed E-state index contributed by atoms with van der Waals surface area (Å²) in [5, 5.41) is 3.56. The number of hydrogen-bond acceptors (Lipinski definition) is 7. The highest BCUT2D eigenvalue weighted by Gasteiger charge is 2.19. The average molecular weight is 396 g/mol. The number of nitrogens with zero attached hydrogens (tertiary/aromatic N) is 3. The maximum atomic E-state index is 12.2. The molecule has 0 saturated heterocycles. The van der Waals surface area contributed by atoms with Gasteiger partial charge in [-0.3, -0.25) is 9.59 Å². The van der Waals surface area contributed by atoms with Gasteiger partial charge in [0.25, 0.3) is 5.91 Å². The minimum atomic E-state index is -0.658. The van der Waals surface area contributed by atoms with E-state index in [1.54, 1.807) is 10.6 Å². The molecule has 0 bridgehead atoms. The van der Waals surface area contributed by atoms with Crippen LogP contribution in [0.15, 0.2) is 23.9 Å². The van der Waals surface area contributed by atoms with Crippen LogP contribution in [0.2, 0.25) is 0 Å². The molecule has 0 saturated carbocycles. The molecule has 0 atom stereocenters. The monoisotopic (exact) mass is 395 g/mol. The fourth-order valence-electron chi connectivity index (χ4n) is 2.08. The Labute approximate surface area is 158 Å². The number of allylic oxidation sites excluding steroid dienone is 1. The van der Waals surface area contributed by atoms with E-state index in [0.29, 0.717) is 20.7 Å². The van der Waals surface area contributed by atoms with E-state index in [-0.39, 0.29) is 17.4 Å². The van der Waals surface area contributed by atoms with Crippen molar-refractivity contribution in [3.8, 4) is 0 Å². The van der Waals surface area contributed by atoms with E-state index in [9.17, 15) is 9.59 Å². The minimum absolute atomic E-state index is 0.104. The number of aryl methyl sites for hydroxylation is 2. The van der Waals surface area contributed by atoms with Crippen molar-refractivity contribution >= 4 is 52.1 Å². The molecular formula is C15H17N5O2S3. The number of primary amides is 1.